The summed E-state index contributed by atoms with van der Waals surface area (Å²) in [5, 5.41) is 14.2. The fraction of sp³-hybridized carbons (Fsp3) is 0.440. The van der Waals surface area contributed by atoms with Crippen LogP contribution < -0.4 is 5.32 Å². The van der Waals surface area contributed by atoms with E-state index in [1.807, 2.05) is 10.6 Å². The molecule has 1 amide bonds. The van der Waals surface area contributed by atoms with Crippen molar-refractivity contribution in [1.82, 2.24) is 19.5 Å². The van der Waals surface area contributed by atoms with E-state index >= 15 is 4.39 Å². The molecule has 2 heterocycles. The first-order chi connectivity index (χ1) is 17.4. The summed E-state index contributed by atoms with van der Waals surface area (Å²) >= 11 is 8.56. The number of fused-ring (bicyclic) bond motifs is 1. The van der Waals surface area contributed by atoms with Gasteiger partial charge in [-0.25, -0.2) is 14.4 Å². The largest absolute Gasteiger partial charge is 0.390 e. The number of aryl methyl sites for hydroxylation is 1. The van der Waals surface area contributed by atoms with Gasteiger partial charge in [-0.2, -0.15) is 0 Å². The lowest BCUT2D eigenvalue weighted by Crippen LogP contribution is -2.50. The van der Waals surface area contributed by atoms with Crippen molar-refractivity contribution in [2.24, 2.45) is 0 Å². The number of nitrogens with one attached hydrogen (secondary N) is 1. The zero-order valence-corrected chi connectivity index (χ0v) is 22.8. The van der Waals surface area contributed by atoms with E-state index < -0.39 is 11.7 Å². The van der Waals surface area contributed by atoms with E-state index in [4.69, 9.17) is 16.4 Å². The highest BCUT2D eigenvalue weighted by molar-refractivity contribution is 14.1. The minimum atomic E-state index is -0.606. The van der Waals surface area contributed by atoms with Crippen LogP contribution in [0.15, 0.2) is 30.6 Å². The first kappa shape index (κ1) is 25.7. The summed E-state index contributed by atoms with van der Waals surface area (Å²) in [5.41, 5.74) is 1.44. The Morgan fingerprint density at radius 1 is 1.31 bits per heavy atom. The van der Waals surface area contributed by atoms with E-state index in [1.54, 1.807) is 24.5 Å². The second-order valence-corrected chi connectivity index (χ2v) is 11.0. The number of carbonyl (C=O) groups is 1. The number of halogens is 3. The Morgan fingerprint density at radius 2 is 2.06 bits per heavy atom. The summed E-state index contributed by atoms with van der Waals surface area (Å²) in [6.45, 7) is 3.01. The number of aliphatic hydroxyl groups is 1. The summed E-state index contributed by atoms with van der Waals surface area (Å²) in [5.74, 6) is -1.01. The standard InChI is InChI=1S/C25H28ClFIN5O3/c1-36-33(16-5-6-16)25(35)18-11-21-24(22(27)23(18)30-20-7-4-15(28)10-19(20)26)29-14-32(21)9-3-2-8-31-12-17(34)13-31/h4,7,10-11,14,16-17,30,34H,2-3,5-6,8-9,12-13H2,1H3. The molecule has 1 saturated heterocycles. The zero-order chi connectivity index (χ0) is 25.4. The quantitative estimate of drug-likeness (QED) is 0.191. The highest BCUT2D eigenvalue weighted by Gasteiger charge is 2.36. The van der Waals surface area contributed by atoms with Crippen molar-refractivity contribution in [3.8, 4) is 0 Å². The summed E-state index contributed by atoms with van der Waals surface area (Å²) in [6, 6.07) is 7.06. The SMILES string of the molecule is CON(C(=O)c1cc2c(ncn2CCCCN2CC(O)C2)c(F)c1Nc1ccc(I)cc1Cl)C1CC1. The number of amides is 1. The lowest BCUT2D eigenvalue weighted by atomic mass is 10.1. The average molecular weight is 628 g/mol. The van der Waals surface area contributed by atoms with Gasteiger partial charge in [-0.1, -0.05) is 11.6 Å². The Bertz CT molecular complexity index is 1280. The van der Waals surface area contributed by atoms with Crippen molar-refractivity contribution in [3.05, 3.63) is 50.6 Å². The van der Waals surface area contributed by atoms with Crippen LogP contribution in [0.2, 0.25) is 5.02 Å². The van der Waals surface area contributed by atoms with Gasteiger partial charge in [0, 0.05) is 23.2 Å². The molecule has 1 saturated carbocycles. The molecule has 1 aliphatic carbocycles. The van der Waals surface area contributed by atoms with Crippen molar-refractivity contribution < 1.29 is 19.1 Å². The predicted octanol–water partition coefficient (Wildman–Crippen LogP) is 4.80. The molecule has 11 heteroatoms. The highest BCUT2D eigenvalue weighted by atomic mass is 127. The van der Waals surface area contributed by atoms with Crippen LogP contribution in [0.25, 0.3) is 11.0 Å². The number of unbranched alkanes of at least 4 members (excludes halogenated alkanes) is 1. The molecule has 5 rings (SSSR count). The number of nitrogens with zero attached hydrogens (tertiary/aromatic N) is 4. The molecule has 0 unspecified atom stereocenters. The molecule has 2 fully saturated rings. The molecule has 8 nitrogen and oxygen atoms in total. The van der Waals surface area contributed by atoms with Gasteiger partial charge >= 0.3 is 0 Å². The molecule has 3 aromatic rings. The van der Waals surface area contributed by atoms with E-state index in [0.717, 1.165) is 48.9 Å². The monoisotopic (exact) mass is 627 g/mol. The average Bonchev–Trinajstić information content (AvgIpc) is 3.58. The molecule has 0 atom stereocenters. The fourth-order valence-electron chi connectivity index (χ4n) is 4.52. The van der Waals surface area contributed by atoms with Gasteiger partial charge < -0.3 is 15.0 Å². The third-order valence-corrected chi connectivity index (χ3v) is 7.60. The van der Waals surface area contributed by atoms with Crippen LogP contribution in [0.3, 0.4) is 0 Å². The van der Waals surface area contributed by atoms with Gasteiger partial charge in [-0.05, 0) is 79.1 Å². The second-order valence-electron chi connectivity index (χ2n) is 9.33. The van der Waals surface area contributed by atoms with Gasteiger partial charge in [0.1, 0.15) is 5.52 Å². The number of β-amino-alcohol motifs (C(OH)–C–C–N with tert-alkyl or cyclic N) is 1. The van der Waals surface area contributed by atoms with Crippen molar-refractivity contribution >= 4 is 62.5 Å². The number of likely N-dealkylation sites (tertiary alicyclic amines) is 1. The molecule has 0 radical (unpaired) electrons. The molecule has 192 valence electrons. The molecule has 2 N–H and O–H groups in total. The first-order valence-corrected chi connectivity index (χ1v) is 13.5. The van der Waals surface area contributed by atoms with Crippen LogP contribution in [0.4, 0.5) is 15.8 Å². The number of benzene rings is 2. The molecular formula is C25H28ClFIN5O3. The molecule has 1 aliphatic heterocycles. The molecule has 1 aromatic heterocycles. The first-order valence-electron chi connectivity index (χ1n) is 12.0. The van der Waals surface area contributed by atoms with Gasteiger partial charge in [0.25, 0.3) is 5.91 Å². The van der Waals surface area contributed by atoms with E-state index in [9.17, 15) is 9.90 Å². The van der Waals surface area contributed by atoms with Crippen molar-refractivity contribution in [2.45, 2.75) is 44.4 Å². The number of carbonyl (C=O) groups excluding carboxylic acids is 1. The van der Waals surface area contributed by atoms with Gasteiger partial charge in [0.15, 0.2) is 5.82 Å². The summed E-state index contributed by atoms with van der Waals surface area (Å²) in [6.07, 6.45) is 4.93. The molecule has 0 spiro atoms. The van der Waals surface area contributed by atoms with E-state index in [-0.39, 0.29) is 28.9 Å². The number of anilines is 2. The number of imidazole rings is 1. The molecule has 36 heavy (non-hydrogen) atoms. The number of hydrogen-bond acceptors (Lipinski definition) is 6. The van der Waals surface area contributed by atoms with Crippen LogP contribution in [0, 0.1) is 9.39 Å². The third-order valence-electron chi connectivity index (χ3n) is 6.61. The topological polar surface area (TPSA) is 82.9 Å². The fourth-order valence-corrected chi connectivity index (χ4v) is 5.42. The Morgan fingerprint density at radius 3 is 2.72 bits per heavy atom. The lowest BCUT2D eigenvalue weighted by molar-refractivity contribution is -0.101. The van der Waals surface area contributed by atoms with Gasteiger partial charge in [-0.3, -0.25) is 14.5 Å². The zero-order valence-electron chi connectivity index (χ0n) is 19.9. The number of aliphatic hydroxyl groups excluding tert-OH is 1. The Kier molecular flexibility index (Phi) is 7.68. The van der Waals surface area contributed by atoms with Crippen molar-refractivity contribution in [1.29, 1.82) is 0 Å². The van der Waals surface area contributed by atoms with Crippen LogP contribution in [0.5, 0.6) is 0 Å². The molecule has 2 aliphatic rings. The third kappa shape index (κ3) is 5.33. The maximum Gasteiger partial charge on any atom is 0.279 e. The summed E-state index contributed by atoms with van der Waals surface area (Å²) in [4.78, 5) is 25.5. The highest BCUT2D eigenvalue weighted by Crippen LogP contribution is 2.36. The van der Waals surface area contributed by atoms with Crippen LogP contribution in [-0.2, 0) is 11.4 Å². The number of hydroxylamine groups is 2. The van der Waals surface area contributed by atoms with E-state index in [1.165, 1.54) is 12.2 Å². The van der Waals surface area contributed by atoms with E-state index in [0.29, 0.717) is 22.8 Å². The van der Waals surface area contributed by atoms with Crippen LogP contribution >= 0.6 is 34.2 Å². The number of rotatable bonds is 10. The van der Waals surface area contributed by atoms with Crippen LogP contribution in [-0.4, -0.2) is 69.4 Å². The lowest BCUT2D eigenvalue weighted by Gasteiger charge is -2.35. The molecular weight excluding hydrogens is 600 g/mol. The van der Waals surface area contributed by atoms with Gasteiger partial charge in [-0.15, -0.1) is 0 Å². The maximum absolute atomic E-state index is 15.9. The summed E-state index contributed by atoms with van der Waals surface area (Å²) < 4.78 is 18.8. The predicted molar refractivity (Wildman–Crippen MR) is 145 cm³/mol. The van der Waals surface area contributed by atoms with Gasteiger partial charge in [0.05, 0.1) is 53.1 Å². The normalized spacial score (nSPS) is 16.4. The minimum Gasteiger partial charge on any atom is -0.390 e. The van der Waals surface area contributed by atoms with Crippen molar-refractivity contribution in [2.75, 3.05) is 32.1 Å². The molecule has 0 bridgehead atoms. The number of hydrogen-bond donors (Lipinski definition) is 2. The Labute approximate surface area is 227 Å². The minimum absolute atomic E-state index is 0.0130. The van der Waals surface area contributed by atoms with E-state index in [2.05, 4.69) is 37.8 Å². The molecule has 2 aromatic carbocycles. The number of aromatic nitrogens is 2. The van der Waals surface area contributed by atoms with Crippen LogP contribution in [0.1, 0.15) is 36.0 Å². The van der Waals surface area contributed by atoms with Gasteiger partial charge in [0.2, 0.25) is 0 Å². The summed E-state index contributed by atoms with van der Waals surface area (Å²) in [7, 11) is 1.45. The maximum atomic E-state index is 15.9. The Balaban J connectivity index is 1.46. The Hall–Kier alpha value is -1.99. The van der Waals surface area contributed by atoms with Crippen molar-refractivity contribution in [3.63, 3.8) is 0 Å². The second kappa shape index (κ2) is 10.8. The smallest absolute Gasteiger partial charge is 0.279 e.